The number of hydrogen-bond donors (Lipinski definition) is 7. The van der Waals surface area contributed by atoms with Gasteiger partial charge >= 0.3 is 72.6 Å². The molecule has 1 unspecified atom stereocenters. The Bertz CT molecular complexity index is 1110. The van der Waals surface area contributed by atoms with E-state index in [9.17, 15) is 58.8 Å². The standard InChI is InChI=1S/C15H24N2O17P2.2Na/c18-3-6(20)10(22)11(23)7(4-19)33-36(30,34-35(27,28)29)31-5-8-12(24)13(25)14(32-8)17-2-1-9(21)16-15(17)26;;/h1-2,4,6-8,10-14,18,20,22-25H,3,5H2,(H,16,21,26)(H2,27,28,29);;/q;2*+1/p-2/t6-,7+,8-,10-,11-,12-,13-,14-,36?;;/m1../s1. The van der Waals surface area contributed by atoms with Gasteiger partial charge in [-0.3, -0.25) is 27.7 Å². The molecule has 0 amide bonds. The number of ether oxygens (including phenoxy) is 1. The van der Waals surface area contributed by atoms with Crippen molar-refractivity contribution in [3.05, 3.63) is 33.1 Å². The molecule has 0 saturated carbocycles. The molecule has 1 aliphatic rings. The smallest absolute Gasteiger partial charge is 0.789 e. The normalized spacial score (nSPS) is 26.2. The van der Waals surface area contributed by atoms with Gasteiger partial charge in [0.25, 0.3) is 5.56 Å². The fraction of sp³-hybridized carbons (Fsp3) is 0.667. The maximum atomic E-state index is 12.8. The summed E-state index contributed by atoms with van der Waals surface area (Å²) in [5.41, 5.74) is -1.84. The van der Waals surface area contributed by atoms with Crippen LogP contribution < -0.4 is 80.2 Å². The molecular weight excluding hydrogens is 588 g/mol. The van der Waals surface area contributed by atoms with Gasteiger partial charge < -0.3 is 54.5 Å². The number of nitrogens with one attached hydrogen (secondary N) is 1. The van der Waals surface area contributed by atoms with Crippen LogP contribution in [0.15, 0.2) is 21.9 Å². The van der Waals surface area contributed by atoms with E-state index >= 15 is 0 Å². The average Bonchev–Trinajstić information content (AvgIpc) is 3.07. The van der Waals surface area contributed by atoms with E-state index in [0.717, 1.165) is 12.3 Å². The third kappa shape index (κ3) is 10.3. The molecule has 23 heteroatoms. The Labute approximate surface area is 256 Å². The fourth-order valence-corrected chi connectivity index (χ4v) is 5.12. The first-order chi connectivity index (χ1) is 16.6. The number of aromatic nitrogens is 2. The van der Waals surface area contributed by atoms with Crippen molar-refractivity contribution in [2.24, 2.45) is 0 Å². The Morgan fingerprint density at radius 3 is 2.24 bits per heavy atom. The van der Waals surface area contributed by atoms with E-state index in [1.165, 1.54) is 0 Å². The van der Waals surface area contributed by atoms with Gasteiger partial charge in [0.15, 0.2) is 18.6 Å². The van der Waals surface area contributed by atoms with E-state index < -0.39 is 89.1 Å². The molecular formula is C15H22N2Na2O17P2. The third-order valence-corrected chi connectivity index (χ3v) is 7.28. The molecule has 7 N–H and O–H groups in total. The number of nitrogens with zero attached hydrogens (tertiary/aromatic N) is 1. The molecule has 1 fully saturated rings. The van der Waals surface area contributed by atoms with Crippen LogP contribution >= 0.6 is 15.6 Å². The zero-order valence-corrected chi connectivity index (χ0v) is 25.6. The van der Waals surface area contributed by atoms with E-state index in [1.807, 2.05) is 4.98 Å². The molecule has 1 saturated heterocycles. The monoisotopic (exact) mass is 610 g/mol. The topological polar surface area (TPSA) is 310 Å². The maximum Gasteiger partial charge on any atom is 1.00 e. The molecule has 0 bridgehead atoms. The van der Waals surface area contributed by atoms with Crippen molar-refractivity contribution in [2.75, 3.05) is 13.2 Å². The van der Waals surface area contributed by atoms with Crippen LogP contribution in [0.25, 0.3) is 0 Å². The van der Waals surface area contributed by atoms with Crippen molar-refractivity contribution < 1.29 is 132 Å². The maximum absolute atomic E-state index is 12.8. The van der Waals surface area contributed by atoms with Crippen LogP contribution in [0.3, 0.4) is 0 Å². The van der Waals surface area contributed by atoms with E-state index in [-0.39, 0.29) is 65.4 Å². The average molecular weight is 610 g/mol. The van der Waals surface area contributed by atoms with Crippen LogP contribution in [0.4, 0.5) is 0 Å². The number of carbonyl (C=O) groups is 1. The summed E-state index contributed by atoms with van der Waals surface area (Å²) in [6.07, 6.45) is -15.7. The molecule has 0 spiro atoms. The first kappa shape index (κ1) is 38.3. The van der Waals surface area contributed by atoms with Crippen LogP contribution in [0.2, 0.25) is 0 Å². The van der Waals surface area contributed by atoms with Crippen molar-refractivity contribution in [1.29, 1.82) is 0 Å². The van der Waals surface area contributed by atoms with Gasteiger partial charge in [-0.15, -0.1) is 0 Å². The predicted molar refractivity (Wildman–Crippen MR) is 106 cm³/mol. The number of carbonyl (C=O) groups excluding carboxylic acids is 1. The van der Waals surface area contributed by atoms with Gasteiger partial charge in [0.05, 0.1) is 21.0 Å². The summed E-state index contributed by atoms with van der Waals surface area (Å²) in [6.45, 7) is -2.28. The van der Waals surface area contributed by atoms with Gasteiger partial charge in [-0.1, -0.05) is 0 Å². The van der Waals surface area contributed by atoms with Gasteiger partial charge in [-0.2, -0.15) is 0 Å². The third-order valence-electron chi connectivity index (χ3n) is 4.71. The molecule has 38 heavy (non-hydrogen) atoms. The van der Waals surface area contributed by atoms with Crippen molar-refractivity contribution in [3.8, 4) is 0 Å². The fourth-order valence-electron chi connectivity index (χ4n) is 2.93. The number of phosphoric acid groups is 2. The number of aliphatic hydroxyl groups excluding tert-OH is 6. The summed E-state index contributed by atoms with van der Waals surface area (Å²) < 4.78 is 42.5. The summed E-state index contributed by atoms with van der Waals surface area (Å²) in [7, 11) is -11.9. The molecule has 1 aromatic rings. The molecule has 1 aromatic heterocycles. The molecule has 2 rings (SSSR count). The number of hydrogen-bond acceptors (Lipinski definition) is 17. The Morgan fingerprint density at radius 1 is 1.13 bits per heavy atom. The number of aliphatic hydroxyl groups is 6. The Hall–Kier alpha value is 0.330. The van der Waals surface area contributed by atoms with Crippen LogP contribution in [0.5, 0.6) is 0 Å². The first-order valence-electron chi connectivity index (χ1n) is 9.72. The Balaban J connectivity index is 0.00000684. The molecule has 9 atom stereocenters. The number of phosphoric ester groups is 1. The summed E-state index contributed by atoms with van der Waals surface area (Å²) >= 11 is 0. The van der Waals surface area contributed by atoms with Gasteiger partial charge in [-0.05, 0) is 0 Å². The first-order valence-corrected chi connectivity index (χ1v) is 12.6. The van der Waals surface area contributed by atoms with E-state index in [0.29, 0.717) is 4.57 Å². The van der Waals surface area contributed by atoms with E-state index in [2.05, 4.69) is 13.4 Å². The minimum atomic E-state index is -6.19. The zero-order chi connectivity index (χ0) is 27.4. The van der Waals surface area contributed by atoms with Crippen LogP contribution in [0, 0.1) is 0 Å². The second-order valence-electron chi connectivity index (χ2n) is 7.27. The summed E-state index contributed by atoms with van der Waals surface area (Å²) in [5, 5.41) is 58.1. The molecule has 1 aliphatic heterocycles. The van der Waals surface area contributed by atoms with Gasteiger partial charge in [0.2, 0.25) is 0 Å². The molecule has 2 heterocycles. The number of aromatic amines is 1. The summed E-state index contributed by atoms with van der Waals surface area (Å²) in [4.78, 5) is 58.3. The molecule has 0 radical (unpaired) electrons. The second-order valence-corrected chi connectivity index (χ2v) is 10.2. The minimum Gasteiger partial charge on any atom is -0.789 e. The van der Waals surface area contributed by atoms with Gasteiger partial charge in [0.1, 0.15) is 36.6 Å². The van der Waals surface area contributed by atoms with Crippen molar-refractivity contribution >= 4 is 21.9 Å². The number of rotatable bonds is 13. The predicted octanol–water partition coefficient (Wildman–Crippen LogP) is -12.2. The van der Waals surface area contributed by atoms with Crippen molar-refractivity contribution in [1.82, 2.24) is 9.55 Å². The zero-order valence-electron chi connectivity index (χ0n) is 19.8. The van der Waals surface area contributed by atoms with Gasteiger partial charge in [-0.25, -0.2) is 9.36 Å². The SMILES string of the molecule is O=C[C@H](OP(=O)(OC[C@H]1O[C@@H](n2ccc(=O)[nH]c2=O)[C@H](O)[C@@H]1O)OP(=O)([O-])[O-])[C@@H](O)[C@H](O)[C@H](O)CO.[Na+].[Na+]. The van der Waals surface area contributed by atoms with Gasteiger partial charge in [0, 0.05) is 12.3 Å². The second kappa shape index (κ2) is 16.1. The largest absolute Gasteiger partial charge is 1.00 e. The van der Waals surface area contributed by atoms with Crippen LogP contribution in [0.1, 0.15) is 6.23 Å². The van der Waals surface area contributed by atoms with Crippen LogP contribution in [-0.2, 0) is 32.0 Å². The van der Waals surface area contributed by atoms with Crippen molar-refractivity contribution in [3.63, 3.8) is 0 Å². The number of aldehydes is 1. The number of H-pyrrole nitrogens is 1. The Kier molecular flexibility index (Phi) is 16.2. The summed E-state index contributed by atoms with van der Waals surface area (Å²) in [5.74, 6) is 0. The summed E-state index contributed by atoms with van der Waals surface area (Å²) in [6, 6.07) is 0.886. The minimum absolute atomic E-state index is 0. The van der Waals surface area contributed by atoms with E-state index in [1.54, 1.807) is 0 Å². The molecule has 0 aliphatic carbocycles. The van der Waals surface area contributed by atoms with Crippen LogP contribution in [-0.4, -0.2) is 102 Å². The van der Waals surface area contributed by atoms with Crippen molar-refractivity contribution in [2.45, 2.75) is 49.0 Å². The molecule has 0 aromatic carbocycles. The molecule has 206 valence electrons. The Morgan fingerprint density at radius 2 is 1.74 bits per heavy atom. The van der Waals surface area contributed by atoms with E-state index in [4.69, 9.17) is 9.84 Å². The quantitative estimate of drug-likeness (QED) is 0.0619. The molecule has 19 nitrogen and oxygen atoms in total.